The zero-order valence-electron chi connectivity index (χ0n) is 13.2. The number of aliphatic hydroxyl groups is 1. The van der Waals surface area contributed by atoms with E-state index < -0.39 is 0 Å². The molecule has 20 heavy (non-hydrogen) atoms. The van der Waals surface area contributed by atoms with E-state index in [4.69, 9.17) is 0 Å². The highest BCUT2D eigenvalue weighted by Gasteiger charge is 2.27. The molecule has 116 valence electrons. The number of rotatable bonds is 9. The molecule has 0 aromatic heterocycles. The highest BCUT2D eigenvalue weighted by Crippen LogP contribution is 2.22. The lowest BCUT2D eigenvalue weighted by Gasteiger charge is -2.35. The molecule has 1 amide bonds. The van der Waals surface area contributed by atoms with E-state index in [0.29, 0.717) is 12.5 Å². The van der Waals surface area contributed by atoms with E-state index in [9.17, 15) is 9.90 Å². The average molecular weight is 281 g/mol. The van der Waals surface area contributed by atoms with Crippen molar-refractivity contribution in [1.82, 2.24) is 4.90 Å². The van der Waals surface area contributed by atoms with Gasteiger partial charge >= 0.3 is 0 Å². The normalized spacial score (nSPS) is 21.6. The number of piperidine rings is 1. The fourth-order valence-electron chi connectivity index (χ4n) is 2.76. The van der Waals surface area contributed by atoms with Gasteiger partial charge in [-0.15, -0.1) is 0 Å². The largest absolute Gasteiger partial charge is 0.393 e. The zero-order chi connectivity index (χ0) is 14.8. The number of nitrogens with zero attached hydrogens (tertiary/aromatic N) is 1. The van der Waals surface area contributed by atoms with Crippen LogP contribution in [0.15, 0.2) is 12.2 Å². The van der Waals surface area contributed by atoms with Gasteiger partial charge in [0.25, 0.3) is 0 Å². The summed E-state index contributed by atoms with van der Waals surface area (Å²) in [4.78, 5) is 14.1. The molecular formula is C17H31NO2. The minimum atomic E-state index is -0.214. The minimum Gasteiger partial charge on any atom is -0.393 e. The van der Waals surface area contributed by atoms with Crippen LogP contribution >= 0.6 is 0 Å². The fourth-order valence-corrected chi connectivity index (χ4v) is 2.76. The van der Waals surface area contributed by atoms with Gasteiger partial charge in [-0.05, 0) is 38.5 Å². The van der Waals surface area contributed by atoms with Crippen molar-refractivity contribution in [2.75, 3.05) is 6.54 Å². The second-order valence-corrected chi connectivity index (χ2v) is 5.85. The first kappa shape index (κ1) is 17.2. The maximum absolute atomic E-state index is 12.1. The van der Waals surface area contributed by atoms with Crippen LogP contribution < -0.4 is 0 Å². The van der Waals surface area contributed by atoms with Crippen molar-refractivity contribution in [2.45, 2.75) is 83.8 Å². The van der Waals surface area contributed by atoms with E-state index >= 15 is 0 Å². The molecule has 1 heterocycles. The zero-order valence-corrected chi connectivity index (χ0v) is 13.2. The smallest absolute Gasteiger partial charge is 0.223 e. The Morgan fingerprint density at radius 3 is 2.90 bits per heavy atom. The van der Waals surface area contributed by atoms with E-state index in [1.165, 1.54) is 12.8 Å². The molecule has 3 heteroatoms. The minimum absolute atomic E-state index is 0.214. The van der Waals surface area contributed by atoms with Gasteiger partial charge < -0.3 is 10.0 Å². The van der Waals surface area contributed by atoms with Gasteiger partial charge in [-0.3, -0.25) is 4.79 Å². The van der Waals surface area contributed by atoms with Gasteiger partial charge in [-0.25, -0.2) is 0 Å². The third kappa shape index (κ3) is 6.08. The number of allylic oxidation sites excluding steroid dienone is 1. The summed E-state index contributed by atoms with van der Waals surface area (Å²) >= 11 is 0. The van der Waals surface area contributed by atoms with Crippen LogP contribution in [0, 0.1) is 0 Å². The molecule has 0 aromatic rings. The summed E-state index contributed by atoms with van der Waals surface area (Å²) < 4.78 is 0. The molecule has 1 unspecified atom stereocenters. The quantitative estimate of drug-likeness (QED) is 0.517. The van der Waals surface area contributed by atoms with Gasteiger partial charge in [-0.2, -0.15) is 0 Å². The molecule has 2 atom stereocenters. The van der Waals surface area contributed by atoms with Gasteiger partial charge in [-0.1, -0.05) is 38.8 Å². The van der Waals surface area contributed by atoms with Gasteiger partial charge in [0, 0.05) is 19.0 Å². The summed E-state index contributed by atoms with van der Waals surface area (Å²) in [6, 6.07) is 0.327. The molecule has 1 saturated heterocycles. The number of carbonyl (C=O) groups is 1. The Hall–Kier alpha value is -0.830. The van der Waals surface area contributed by atoms with E-state index in [0.717, 1.165) is 45.1 Å². The van der Waals surface area contributed by atoms with E-state index in [-0.39, 0.29) is 12.0 Å². The van der Waals surface area contributed by atoms with Crippen molar-refractivity contribution in [2.24, 2.45) is 0 Å². The molecule has 3 nitrogen and oxygen atoms in total. The number of hydrogen-bond donors (Lipinski definition) is 1. The van der Waals surface area contributed by atoms with E-state index in [1.54, 1.807) is 0 Å². The second kappa shape index (κ2) is 9.98. The molecule has 0 saturated carbocycles. The lowest BCUT2D eigenvalue weighted by molar-refractivity contribution is -0.136. The lowest BCUT2D eigenvalue weighted by atomic mass is 9.95. The second-order valence-electron chi connectivity index (χ2n) is 5.85. The summed E-state index contributed by atoms with van der Waals surface area (Å²) in [5.41, 5.74) is 0. The molecule has 0 spiro atoms. The summed E-state index contributed by atoms with van der Waals surface area (Å²) in [5.74, 6) is 0.285. The van der Waals surface area contributed by atoms with Crippen LogP contribution in [-0.4, -0.2) is 34.6 Å². The molecular weight excluding hydrogens is 250 g/mol. The third-order valence-electron chi connectivity index (χ3n) is 4.19. The number of likely N-dealkylation sites (tertiary alicyclic amines) is 1. The Morgan fingerprint density at radius 2 is 2.20 bits per heavy atom. The van der Waals surface area contributed by atoms with Crippen molar-refractivity contribution in [3.05, 3.63) is 12.2 Å². The fraction of sp³-hybridized carbons (Fsp3) is 0.824. The van der Waals surface area contributed by atoms with Crippen molar-refractivity contribution < 1.29 is 9.90 Å². The van der Waals surface area contributed by atoms with Crippen LogP contribution in [0.3, 0.4) is 0 Å². The van der Waals surface area contributed by atoms with Crippen LogP contribution in [0.5, 0.6) is 0 Å². The standard InChI is InChI=1S/C17H31NO2/c1-3-5-6-7-8-14-18-15(10-9-11-17(18)20)12-13-16(19)4-2/h7-8,15-16,19H,3-6,9-14H2,1-2H3/b8-7-/t15-,16?/m1/s1. The Morgan fingerprint density at radius 1 is 1.40 bits per heavy atom. The molecule has 1 N–H and O–H groups in total. The number of unbranched alkanes of at least 4 members (excludes halogenated alkanes) is 2. The molecule has 0 aromatic carbocycles. The van der Waals surface area contributed by atoms with Crippen molar-refractivity contribution >= 4 is 5.91 Å². The Kier molecular flexibility index (Phi) is 8.59. The monoisotopic (exact) mass is 281 g/mol. The maximum atomic E-state index is 12.1. The number of amides is 1. The van der Waals surface area contributed by atoms with Crippen LogP contribution in [-0.2, 0) is 4.79 Å². The predicted molar refractivity (Wildman–Crippen MR) is 83.5 cm³/mol. The predicted octanol–water partition coefficient (Wildman–Crippen LogP) is 3.67. The Labute approximate surface area is 124 Å². The summed E-state index contributed by atoms with van der Waals surface area (Å²) in [7, 11) is 0. The first-order valence-electron chi connectivity index (χ1n) is 8.31. The molecule has 0 radical (unpaired) electrons. The average Bonchev–Trinajstić information content (AvgIpc) is 2.46. The number of aliphatic hydroxyl groups excluding tert-OH is 1. The summed E-state index contributed by atoms with van der Waals surface area (Å²) in [6.45, 7) is 4.94. The molecule has 1 fully saturated rings. The highest BCUT2D eigenvalue weighted by atomic mass is 16.3. The topological polar surface area (TPSA) is 40.5 Å². The third-order valence-corrected chi connectivity index (χ3v) is 4.19. The van der Waals surface area contributed by atoms with Crippen LogP contribution in [0.2, 0.25) is 0 Å². The number of carbonyl (C=O) groups excluding carboxylic acids is 1. The van der Waals surface area contributed by atoms with E-state index in [1.807, 2.05) is 11.8 Å². The first-order chi connectivity index (χ1) is 9.69. The number of hydrogen-bond acceptors (Lipinski definition) is 2. The molecule has 0 aliphatic carbocycles. The highest BCUT2D eigenvalue weighted by molar-refractivity contribution is 5.77. The molecule has 1 aliphatic rings. The Balaban J connectivity index is 2.43. The van der Waals surface area contributed by atoms with Gasteiger partial charge in [0.15, 0.2) is 0 Å². The van der Waals surface area contributed by atoms with Crippen molar-refractivity contribution in [3.8, 4) is 0 Å². The van der Waals surface area contributed by atoms with Crippen molar-refractivity contribution in [1.29, 1.82) is 0 Å². The SMILES string of the molecule is CCCC/C=C\CN1C(=O)CCC[C@@H]1CCC(O)CC. The van der Waals surface area contributed by atoms with Crippen LogP contribution in [0.1, 0.15) is 71.6 Å². The summed E-state index contributed by atoms with van der Waals surface area (Å²) in [6.07, 6.45) is 13.0. The van der Waals surface area contributed by atoms with Crippen LogP contribution in [0.25, 0.3) is 0 Å². The molecule has 1 aliphatic heterocycles. The summed E-state index contributed by atoms with van der Waals surface area (Å²) in [5, 5.41) is 9.70. The lowest BCUT2D eigenvalue weighted by Crippen LogP contribution is -2.44. The van der Waals surface area contributed by atoms with Gasteiger partial charge in [0.1, 0.15) is 0 Å². The van der Waals surface area contributed by atoms with E-state index in [2.05, 4.69) is 19.1 Å². The maximum Gasteiger partial charge on any atom is 0.223 e. The molecule has 0 bridgehead atoms. The molecule has 1 rings (SSSR count). The van der Waals surface area contributed by atoms with Gasteiger partial charge in [0.2, 0.25) is 5.91 Å². The first-order valence-corrected chi connectivity index (χ1v) is 8.31. The van der Waals surface area contributed by atoms with Crippen molar-refractivity contribution in [3.63, 3.8) is 0 Å². The van der Waals surface area contributed by atoms with Gasteiger partial charge in [0.05, 0.1) is 6.10 Å². The Bertz CT molecular complexity index is 301. The van der Waals surface area contributed by atoms with Crippen LogP contribution in [0.4, 0.5) is 0 Å².